The van der Waals surface area contributed by atoms with E-state index in [-0.39, 0.29) is 12.5 Å². The number of aromatic nitrogens is 2. The molecular formula is C22H21N3O2S. The Morgan fingerprint density at radius 1 is 1.00 bits per heavy atom. The molecule has 0 fully saturated rings. The lowest BCUT2D eigenvalue weighted by atomic mass is 10.2. The average molecular weight is 391 g/mol. The van der Waals surface area contributed by atoms with E-state index in [9.17, 15) is 4.79 Å². The van der Waals surface area contributed by atoms with Gasteiger partial charge in [0, 0.05) is 18.5 Å². The first-order valence-electron chi connectivity index (χ1n) is 9.36. The second kappa shape index (κ2) is 7.94. The minimum Gasteiger partial charge on any atom is -0.481 e. The van der Waals surface area contributed by atoms with Gasteiger partial charge >= 0.3 is 0 Å². The van der Waals surface area contributed by atoms with Crippen molar-refractivity contribution in [2.45, 2.75) is 13.8 Å². The van der Waals surface area contributed by atoms with E-state index in [0.717, 1.165) is 31.8 Å². The van der Waals surface area contributed by atoms with Crippen LogP contribution in [-0.2, 0) is 4.79 Å². The summed E-state index contributed by atoms with van der Waals surface area (Å²) in [4.78, 5) is 23.5. The Morgan fingerprint density at radius 3 is 2.61 bits per heavy atom. The summed E-state index contributed by atoms with van der Waals surface area (Å²) in [6.07, 6.45) is 0. The van der Waals surface area contributed by atoms with Crippen molar-refractivity contribution in [3.63, 3.8) is 0 Å². The summed E-state index contributed by atoms with van der Waals surface area (Å²) in [6.45, 7) is 5.28. The van der Waals surface area contributed by atoms with Crippen molar-refractivity contribution < 1.29 is 9.53 Å². The van der Waals surface area contributed by atoms with Gasteiger partial charge in [0.05, 0.1) is 15.9 Å². The highest BCUT2D eigenvalue weighted by molar-refractivity contribution is 7.21. The minimum atomic E-state index is -0.0238. The molecule has 0 aliphatic carbocycles. The highest BCUT2D eigenvalue weighted by Gasteiger charge is 2.13. The minimum absolute atomic E-state index is 0.00778. The zero-order valence-corrected chi connectivity index (χ0v) is 16.7. The van der Waals surface area contributed by atoms with Gasteiger partial charge in [-0.05, 0) is 38.1 Å². The summed E-state index contributed by atoms with van der Waals surface area (Å²) in [6, 6.07) is 17.8. The average Bonchev–Trinajstić information content (AvgIpc) is 3.17. The monoisotopic (exact) mass is 391 g/mol. The van der Waals surface area contributed by atoms with Gasteiger partial charge < -0.3 is 9.64 Å². The first-order valence-corrected chi connectivity index (χ1v) is 10.2. The Bertz CT molecular complexity index is 1100. The zero-order valence-electron chi connectivity index (χ0n) is 15.9. The maximum atomic E-state index is 12.3. The fourth-order valence-electron chi connectivity index (χ4n) is 3.14. The predicted octanol–water partition coefficient (Wildman–Crippen LogP) is 4.76. The quantitative estimate of drug-likeness (QED) is 0.476. The molecule has 0 bridgehead atoms. The second-order valence-corrected chi connectivity index (χ2v) is 7.40. The van der Waals surface area contributed by atoms with Crippen molar-refractivity contribution >= 4 is 38.4 Å². The van der Waals surface area contributed by atoms with Crippen LogP contribution in [0.2, 0.25) is 0 Å². The number of hydrogen-bond donors (Lipinski definition) is 0. The summed E-state index contributed by atoms with van der Waals surface area (Å²) in [5.41, 5.74) is 2.52. The number of fused-ring (bicyclic) bond motifs is 2. The number of para-hydroxylation sites is 2. The lowest BCUT2D eigenvalue weighted by Gasteiger charge is -2.19. The van der Waals surface area contributed by atoms with Crippen LogP contribution in [0.1, 0.15) is 13.8 Å². The highest BCUT2D eigenvalue weighted by Crippen LogP contribution is 2.32. The number of carbonyl (C=O) groups is 1. The smallest absolute Gasteiger partial charge is 0.260 e. The highest BCUT2D eigenvalue weighted by atomic mass is 32.1. The van der Waals surface area contributed by atoms with E-state index in [1.54, 1.807) is 16.2 Å². The summed E-state index contributed by atoms with van der Waals surface area (Å²) < 4.78 is 6.98. The third kappa shape index (κ3) is 3.55. The Morgan fingerprint density at radius 2 is 1.82 bits per heavy atom. The van der Waals surface area contributed by atoms with E-state index in [0.29, 0.717) is 18.8 Å². The van der Waals surface area contributed by atoms with Gasteiger partial charge in [-0.1, -0.05) is 30.3 Å². The van der Waals surface area contributed by atoms with Crippen LogP contribution in [-0.4, -0.2) is 40.5 Å². The first kappa shape index (κ1) is 18.4. The molecule has 4 aromatic rings. The molecule has 1 amide bonds. The topological polar surface area (TPSA) is 55.3 Å². The molecule has 28 heavy (non-hydrogen) atoms. The van der Waals surface area contributed by atoms with Crippen molar-refractivity contribution in [1.82, 2.24) is 14.9 Å². The van der Waals surface area contributed by atoms with Gasteiger partial charge in [0.1, 0.15) is 16.3 Å². The summed E-state index contributed by atoms with van der Waals surface area (Å²) in [7, 11) is 0. The largest absolute Gasteiger partial charge is 0.481 e. The standard InChI is InChI=1S/C22H21N3O2S/c1-3-25(4-2)20(26)14-27-18-10-7-8-15-12-13-17(23-21(15)18)22-24-16-9-5-6-11-19(16)28-22/h5-13H,3-4,14H2,1-2H3. The Labute approximate surface area is 167 Å². The van der Waals surface area contributed by atoms with Crippen LogP contribution in [0.5, 0.6) is 5.75 Å². The van der Waals surface area contributed by atoms with Crippen LogP contribution in [0.4, 0.5) is 0 Å². The van der Waals surface area contributed by atoms with Crippen LogP contribution in [0.15, 0.2) is 54.6 Å². The third-order valence-electron chi connectivity index (χ3n) is 4.66. The van der Waals surface area contributed by atoms with Crippen LogP contribution >= 0.6 is 11.3 Å². The molecule has 0 radical (unpaired) electrons. The number of ether oxygens (including phenoxy) is 1. The van der Waals surface area contributed by atoms with Crippen molar-refractivity contribution in [3.05, 3.63) is 54.6 Å². The number of hydrogen-bond acceptors (Lipinski definition) is 5. The molecule has 6 heteroatoms. The maximum Gasteiger partial charge on any atom is 0.260 e. The third-order valence-corrected chi connectivity index (χ3v) is 5.72. The van der Waals surface area contributed by atoms with Crippen molar-refractivity contribution in [2.24, 2.45) is 0 Å². The molecule has 2 aromatic heterocycles. The molecule has 5 nitrogen and oxygen atoms in total. The van der Waals surface area contributed by atoms with E-state index < -0.39 is 0 Å². The number of benzene rings is 2. The number of pyridine rings is 1. The maximum absolute atomic E-state index is 12.3. The molecule has 0 saturated heterocycles. The van der Waals surface area contributed by atoms with E-state index in [4.69, 9.17) is 14.7 Å². The number of rotatable bonds is 6. The lowest BCUT2D eigenvalue weighted by molar-refractivity contribution is -0.132. The molecule has 2 aromatic carbocycles. The number of amides is 1. The molecule has 0 atom stereocenters. The van der Waals surface area contributed by atoms with E-state index in [1.165, 1.54) is 0 Å². The van der Waals surface area contributed by atoms with Crippen LogP contribution < -0.4 is 4.74 Å². The van der Waals surface area contributed by atoms with E-state index in [2.05, 4.69) is 6.07 Å². The summed E-state index contributed by atoms with van der Waals surface area (Å²) >= 11 is 1.62. The molecule has 0 aliphatic heterocycles. The Kier molecular flexibility index (Phi) is 5.21. The molecule has 4 rings (SSSR count). The molecular weight excluding hydrogens is 370 g/mol. The van der Waals surface area contributed by atoms with Crippen molar-refractivity contribution in [2.75, 3.05) is 19.7 Å². The zero-order chi connectivity index (χ0) is 19.5. The predicted molar refractivity (Wildman–Crippen MR) is 114 cm³/mol. The number of likely N-dealkylation sites (N-methyl/N-ethyl adjacent to an activating group) is 1. The molecule has 0 saturated carbocycles. The molecule has 2 heterocycles. The van der Waals surface area contributed by atoms with Crippen LogP contribution in [0, 0.1) is 0 Å². The van der Waals surface area contributed by atoms with Gasteiger partial charge in [-0.2, -0.15) is 0 Å². The van der Waals surface area contributed by atoms with Gasteiger partial charge in [0.25, 0.3) is 5.91 Å². The van der Waals surface area contributed by atoms with Gasteiger partial charge in [0.15, 0.2) is 6.61 Å². The molecule has 0 N–H and O–H groups in total. The summed E-state index contributed by atoms with van der Waals surface area (Å²) in [5, 5.41) is 1.84. The Balaban J connectivity index is 1.66. The van der Waals surface area contributed by atoms with Gasteiger partial charge in [-0.3, -0.25) is 4.79 Å². The molecule has 142 valence electrons. The number of nitrogens with zero attached hydrogens (tertiary/aromatic N) is 3. The van der Waals surface area contributed by atoms with Crippen molar-refractivity contribution in [3.8, 4) is 16.5 Å². The van der Waals surface area contributed by atoms with Gasteiger partial charge in [-0.25, -0.2) is 9.97 Å². The molecule has 0 unspecified atom stereocenters. The number of thiazole rings is 1. The van der Waals surface area contributed by atoms with Gasteiger partial charge in [-0.15, -0.1) is 11.3 Å². The van der Waals surface area contributed by atoms with Crippen molar-refractivity contribution in [1.29, 1.82) is 0 Å². The van der Waals surface area contributed by atoms with E-state index >= 15 is 0 Å². The second-order valence-electron chi connectivity index (χ2n) is 6.37. The number of carbonyl (C=O) groups excluding carboxylic acids is 1. The Hall–Kier alpha value is -2.99. The lowest BCUT2D eigenvalue weighted by Crippen LogP contribution is -2.34. The van der Waals surface area contributed by atoms with Gasteiger partial charge in [0.2, 0.25) is 0 Å². The fourth-order valence-corrected chi connectivity index (χ4v) is 4.08. The summed E-state index contributed by atoms with van der Waals surface area (Å²) in [5.74, 6) is 0.588. The van der Waals surface area contributed by atoms with Crippen LogP contribution in [0.25, 0.3) is 31.8 Å². The first-order chi connectivity index (χ1) is 13.7. The molecule has 0 aliphatic rings. The fraction of sp³-hybridized carbons (Fsp3) is 0.227. The normalized spacial score (nSPS) is 11.1. The van der Waals surface area contributed by atoms with E-state index in [1.807, 2.05) is 62.4 Å². The van der Waals surface area contributed by atoms with Crippen LogP contribution in [0.3, 0.4) is 0 Å². The SMILES string of the molecule is CCN(CC)C(=O)COc1cccc2ccc(-c3nc4ccccc4s3)nc12. The molecule has 0 spiro atoms.